The van der Waals surface area contributed by atoms with Gasteiger partial charge in [0.2, 0.25) is 5.13 Å². The van der Waals surface area contributed by atoms with Gasteiger partial charge in [0.15, 0.2) is 0 Å². The summed E-state index contributed by atoms with van der Waals surface area (Å²) in [5.41, 5.74) is 0. The van der Waals surface area contributed by atoms with Gasteiger partial charge in [-0.3, -0.25) is 0 Å². The van der Waals surface area contributed by atoms with Gasteiger partial charge in [-0.2, -0.15) is 4.37 Å². The van der Waals surface area contributed by atoms with Gasteiger partial charge < -0.3 is 10.4 Å². The number of anilines is 1. The van der Waals surface area contributed by atoms with E-state index in [2.05, 4.69) is 14.7 Å². The van der Waals surface area contributed by atoms with Crippen molar-refractivity contribution in [2.45, 2.75) is 25.9 Å². The summed E-state index contributed by atoms with van der Waals surface area (Å²) < 4.78 is 3.85. The maximum Gasteiger partial charge on any atom is 0.202 e. The van der Waals surface area contributed by atoms with E-state index in [-0.39, 0.29) is 6.10 Å². The maximum atomic E-state index is 9.21. The Morgan fingerprint density at radius 2 is 2.58 bits per heavy atom. The van der Waals surface area contributed by atoms with Gasteiger partial charge in [0.25, 0.3) is 0 Å². The molecule has 0 saturated carbocycles. The third kappa shape index (κ3) is 3.15. The lowest BCUT2D eigenvalue weighted by atomic mass is 10.2. The second-order valence-corrected chi connectivity index (χ2v) is 3.30. The molecule has 0 aliphatic carbocycles. The Labute approximate surface area is 75.8 Å². The summed E-state index contributed by atoms with van der Waals surface area (Å²) in [6.07, 6.45) is 2.88. The molecule has 0 aliphatic rings. The summed E-state index contributed by atoms with van der Waals surface area (Å²) in [5.74, 6) is 0. The van der Waals surface area contributed by atoms with E-state index in [1.165, 1.54) is 17.9 Å². The molecule has 5 heteroatoms. The van der Waals surface area contributed by atoms with Crippen LogP contribution in [0.4, 0.5) is 5.13 Å². The van der Waals surface area contributed by atoms with Crippen LogP contribution in [0.2, 0.25) is 0 Å². The molecule has 0 radical (unpaired) electrons. The van der Waals surface area contributed by atoms with Gasteiger partial charge in [0, 0.05) is 18.1 Å². The van der Waals surface area contributed by atoms with E-state index in [1.807, 2.05) is 6.92 Å². The lowest BCUT2D eigenvalue weighted by molar-refractivity contribution is 0.164. The lowest BCUT2D eigenvalue weighted by Gasteiger charge is -2.06. The molecule has 0 aromatic carbocycles. The second kappa shape index (κ2) is 5.05. The minimum Gasteiger partial charge on any atom is -0.393 e. The van der Waals surface area contributed by atoms with E-state index in [1.54, 1.807) is 0 Å². The SMILES string of the molecule is CCC(O)CCNc1ncns1. The zero-order valence-electron chi connectivity index (χ0n) is 7.03. The number of hydrogen-bond donors (Lipinski definition) is 2. The van der Waals surface area contributed by atoms with E-state index < -0.39 is 0 Å². The number of nitrogens with one attached hydrogen (secondary N) is 1. The average molecular weight is 187 g/mol. The van der Waals surface area contributed by atoms with Crippen molar-refractivity contribution >= 4 is 16.7 Å². The normalized spacial score (nSPS) is 12.8. The second-order valence-electron chi connectivity index (χ2n) is 2.52. The summed E-state index contributed by atoms with van der Waals surface area (Å²) in [5, 5.41) is 13.1. The van der Waals surface area contributed by atoms with Crippen LogP contribution in [0.25, 0.3) is 0 Å². The molecule has 1 aromatic rings. The molecule has 68 valence electrons. The van der Waals surface area contributed by atoms with Gasteiger partial charge in [-0.25, -0.2) is 4.98 Å². The Morgan fingerprint density at radius 3 is 3.17 bits per heavy atom. The highest BCUT2D eigenvalue weighted by atomic mass is 32.1. The molecule has 4 nitrogen and oxygen atoms in total. The third-order valence-corrected chi connectivity index (χ3v) is 2.21. The third-order valence-electron chi connectivity index (χ3n) is 1.59. The monoisotopic (exact) mass is 187 g/mol. The molecule has 0 saturated heterocycles. The van der Waals surface area contributed by atoms with Crippen LogP contribution in [0.3, 0.4) is 0 Å². The standard InChI is InChI=1S/C7H13N3OS/c1-2-6(11)3-4-8-7-9-5-10-12-7/h5-6,11H,2-4H2,1H3,(H,8,9,10). The summed E-state index contributed by atoms with van der Waals surface area (Å²) in [6, 6.07) is 0. The van der Waals surface area contributed by atoms with E-state index >= 15 is 0 Å². The first kappa shape index (κ1) is 9.41. The van der Waals surface area contributed by atoms with Gasteiger partial charge >= 0.3 is 0 Å². The number of rotatable bonds is 5. The van der Waals surface area contributed by atoms with Gasteiger partial charge in [0.1, 0.15) is 6.33 Å². The molecule has 0 amide bonds. The predicted octanol–water partition coefficient (Wildman–Crippen LogP) is 1.11. The van der Waals surface area contributed by atoms with Gasteiger partial charge in [-0.15, -0.1) is 0 Å². The van der Waals surface area contributed by atoms with Crippen molar-refractivity contribution < 1.29 is 5.11 Å². The van der Waals surface area contributed by atoms with Crippen molar-refractivity contribution in [2.24, 2.45) is 0 Å². The Balaban J connectivity index is 2.11. The lowest BCUT2D eigenvalue weighted by Crippen LogP contribution is -2.11. The molecule has 2 N–H and O–H groups in total. The zero-order chi connectivity index (χ0) is 8.81. The summed E-state index contributed by atoms with van der Waals surface area (Å²) in [6.45, 7) is 2.72. The van der Waals surface area contributed by atoms with Crippen LogP contribution < -0.4 is 5.32 Å². The molecule has 0 aliphatic heterocycles. The van der Waals surface area contributed by atoms with Crippen LogP contribution in [-0.4, -0.2) is 27.1 Å². The van der Waals surface area contributed by atoms with Crippen LogP contribution in [0, 0.1) is 0 Å². The molecule has 1 aromatic heterocycles. The Morgan fingerprint density at radius 1 is 1.75 bits per heavy atom. The first-order chi connectivity index (χ1) is 5.83. The first-order valence-electron chi connectivity index (χ1n) is 4.01. The number of nitrogens with zero attached hydrogens (tertiary/aromatic N) is 2. The topological polar surface area (TPSA) is 58.0 Å². The fraction of sp³-hybridized carbons (Fsp3) is 0.714. The Kier molecular flexibility index (Phi) is 3.96. The van der Waals surface area contributed by atoms with E-state index in [0.717, 1.165) is 24.5 Å². The molecule has 0 bridgehead atoms. The summed E-state index contributed by atoms with van der Waals surface area (Å²) in [7, 11) is 0. The quantitative estimate of drug-likeness (QED) is 0.725. The van der Waals surface area contributed by atoms with Crippen molar-refractivity contribution in [3.63, 3.8) is 0 Å². The zero-order valence-corrected chi connectivity index (χ0v) is 7.84. The molecule has 0 fully saturated rings. The molecule has 1 rings (SSSR count). The highest BCUT2D eigenvalue weighted by Crippen LogP contribution is 2.06. The van der Waals surface area contributed by atoms with Crippen LogP contribution in [-0.2, 0) is 0 Å². The molecule has 1 atom stereocenters. The van der Waals surface area contributed by atoms with Crippen molar-refractivity contribution in [3.05, 3.63) is 6.33 Å². The number of aliphatic hydroxyl groups is 1. The van der Waals surface area contributed by atoms with Crippen LogP contribution >= 0.6 is 11.5 Å². The molecule has 1 unspecified atom stereocenters. The van der Waals surface area contributed by atoms with Crippen molar-refractivity contribution in [2.75, 3.05) is 11.9 Å². The summed E-state index contributed by atoms with van der Waals surface area (Å²) in [4.78, 5) is 3.95. The smallest absolute Gasteiger partial charge is 0.202 e. The van der Waals surface area contributed by atoms with E-state index in [0.29, 0.717) is 0 Å². The fourth-order valence-corrected chi connectivity index (χ4v) is 1.26. The Hall–Kier alpha value is -0.680. The predicted molar refractivity (Wildman–Crippen MR) is 49.3 cm³/mol. The van der Waals surface area contributed by atoms with E-state index in [4.69, 9.17) is 0 Å². The maximum absolute atomic E-state index is 9.21. The number of hydrogen-bond acceptors (Lipinski definition) is 5. The first-order valence-corrected chi connectivity index (χ1v) is 4.79. The number of aromatic nitrogens is 2. The highest BCUT2D eigenvalue weighted by Gasteiger charge is 2.00. The minimum absolute atomic E-state index is 0.203. The van der Waals surface area contributed by atoms with Gasteiger partial charge in [-0.05, 0) is 12.8 Å². The van der Waals surface area contributed by atoms with Crippen molar-refractivity contribution in [1.29, 1.82) is 0 Å². The van der Waals surface area contributed by atoms with Gasteiger partial charge in [-0.1, -0.05) is 6.92 Å². The molecule has 12 heavy (non-hydrogen) atoms. The summed E-state index contributed by atoms with van der Waals surface area (Å²) >= 11 is 1.33. The van der Waals surface area contributed by atoms with Gasteiger partial charge in [0.05, 0.1) is 6.10 Å². The van der Waals surface area contributed by atoms with Crippen LogP contribution in [0.1, 0.15) is 19.8 Å². The molecule has 1 heterocycles. The molecular formula is C7H13N3OS. The van der Waals surface area contributed by atoms with Crippen LogP contribution in [0.5, 0.6) is 0 Å². The van der Waals surface area contributed by atoms with Crippen molar-refractivity contribution in [1.82, 2.24) is 9.36 Å². The van der Waals surface area contributed by atoms with Crippen molar-refractivity contribution in [3.8, 4) is 0 Å². The number of aliphatic hydroxyl groups excluding tert-OH is 1. The fourth-order valence-electron chi connectivity index (χ4n) is 0.801. The molecular weight excluding hydrogens is 174 g/mol. The minimum atomic E-state index is -0.203. The Bertz CT molecular complexity index is 202. The largest absolute Gasteiger partial charge is 0.393 e. The van der Waals surface area contributed by atoms with Crippen LogP contribution in [0.15, 0.2) is 6.33 Å². The molecule has 0 spiro atoms. The van der Waals surface area contributed by atoms with E-state index in [9.17, 15) is 5.11 Å². The highest BCUT2D eigenvalue weighted by molar-refractivity contribution is 7.09. The average Bonchev–Trinajstić information content (AvgIpc) is 2.57.